The Kier molecular flexibility index (Phi) is 4.66. The van der Waals surface area contributed by atoms with Crippen LogP contribution in [0.5, 0.6) is 0 Å². The topological polar surface area (TPSA) is 68.3 Å². The number of carbonyl (C=O) groups is 2. The molecule has 0 spiro atoms. The molecular formula is C15H22N2O3S. The van der Waals surface area contributed by atoms with Gasteiger partial charge in [0, 0.05) is 13.0 Å². The van der Waals surface area contributed by atoms with Crippen LogP contribution in [0.1, 0.15) is 66.6 Å². The molecule has 0 saturated heterocycles. The van der Waals surface area contributed by atoms with E-state index in [2.05, 4.69) is 28.9 Å². The average Bonchev–Trinajstić information content (AvgIpc) is 2.84. The number of hydrogen-bond donors (Lipinski definition) is 1. The van der Waals surface area contributed by atoms with Crippen molar-refractivity contribution in [3.8, 4) is 0 Å². The molecule has 0 unspecified atom stereocenters. The molecule has 0 aliphatic heterocycles. The van der Waals surface area contributed by atoms with Gasteiger partial charge < -0.3 is 10.1 Å². The number of ether oxygens (including phenoxy) is 1. The molecule has 1 aromatic heterocycles. The first-order valence-electron chi connectivity index (χ1n) is 7.19. The van der Waals surface area contributed by atoms with Gasteiger partial charge in [-0.05, 0) is 31.1 Å². The summed E-state index contributed by atoms with van der Waals surface area (Å²) in [5.74, 6) is -0.722. The van der Waals surface area contributed by atoms with Crippen molar-refractivity contribution in [2.45, 2.75) is 52.5 Å². The Labute approximate surface area is 129 Å². The molecule has 1 N–H and O–H groups in total. The highest BCUT2D eigenvalue weighted by Gasteiger charge is 2.28. The zero-order valence-corrected chi connectivity index (χ0v) is 13.8. The van der Waals surface area contributed by atoms with Crippen LogP contribution >= 0.6 is 11.3 Å². The van der Waals surface area contributed by atoms with E-state index in [1.54, 1.807) is 0 Å². The Balaban J connectivity index is 2.11. The molecule has 1 saturated carbocycles. The summed E-state index contributed by atoms with van der Waals surface area (Å²) in [5.41, 5.74) is 0.525. The maximum Gasteiger partial charge on any atom is 0.358 e. The van der Waals surface area contributed by atoms with Crippen LogP contribution in [0.15, 0.2) is 0 Å². The summed E-state index contributed by atoms with van der Waals surface area (Å²) in [7, 11) is 1.29. The van der Waals surface area contributed by atoms with Crippen molar-refractivity contribution in [3.63, 3.8) is 0 Å². The fourth-order valence-electron chi connectivity index (χ4n) is 2.57. The van der Waals surface area contributed by atoms with E-state index in [9.17, 15) is 9.59 Å². The molecule has 6 heteroatoms. The lowest BCUT2D eigenvalue weighted by molar-refractivity contribution is 0.0591. The number of hydrogen-bond acceptors (Lipinski definition) is 6. The fourth-order valence-corrected chi connectivity index (χ4v) is 3.50. The normalized spacial score (nSPS) is 18.3. The van der Waals surface area contributed by atoms with Crippen LogP contribution in [0, 0.1) is 5.41 Å². The van der Waals surface area contributed by atoms with E-state index < -0.39 is 5.97 Å². The second-order valence-electron chi connectivity index (χ2n) is 6.33. The number of anilines is 1. The van der Waals surface area contributed by atoms with Gasteiger partial charge in [0.05, 0.1) is 7.11 Å². The van der Waals surface area contributed by atoms with Gasteiger partial charge in [-0.3, -0.25) is 4.79 Å². The first kappa shape index (κ1) is 15.9. The summed E-state index contributed by atoms with van der Waals surface area (Å²) < 4.78 is 4.68. The lowest BCUT2D eigenvalue weighted by atomic mass is 9.76. The first-order chi connectivity index (χ1) is 9.82. The highest BCUT2D eigenvalue weighted by molar-refractivity contribution is 7.17. The third-order valence-electron chi connectivity index (χ3n) is 3.99. The molecule has 21 heavy (non-hydrogen) atoms. The van der Waals surface area contributed by atoms with E-state index in [4.69, 9.17) is 0 Å². The van der Waals surface area contributed by atoms with Crippen LogP contribution < -0.4 is 5.32 Å². The van der Waals surface area contributed by atoms with Gasteiger partial charge in [-0.1, -0.05) is 25.2 Å². The molecule has 1 aliphatic carbocycles. The summed E-state index contributed by atoms with van der Waals surface area (Å²) in [5, 5.41) is 3.99. The van der Waals surface area contributed by atoms with E-state index >= 15 is 0 Å². The minimum atomic E-state index is -0.561. The monoisotopic (exact) mass is 310 g/mol. The highest BCUT2D eigenvalue weighted by atomic mass is 32.1. The number of ketones is 1. The quantitative estimate of drug-likeness (QED) is 0.681. The molecule has 0 aromatic carbocycles. The van der Waals surface area contributed by atoms with Crippen LogP contribution in [0.3, 0.4) is 0 Å². The maximum absolute atomic E-state index is 11.7. The minimum absolute atomic E-state index is 0.119. The standard InChI is InChI=1S/C15H22N2O3S/c1-9(18)12-11(13(19)20-4)17-14(21-12)16-10-5-7-15(2,3)8-6-10/h10H,5-8H2,1-4H3,(H,16,17). The van der Waals surface area contributed by atoms with Crippen LogP contribution in [0.4, 0.5) is 5.13 Å². The van der Waals surface area contributed by atoms with E-state index in [0.29, 0.717) is 21.5 Å². The number of esters is 1. The van der Waals surface area contributed by atoms with Crippen molar-refractivity contribution < 1.29 is 14.3 Å². The van der Waals surface area contributed by atoms with Crippen molar-refractivity contribution in [1.82, 2.24) is 4.98 Å². The number of aromatic nitrogens is 1. The van der Waals surface area contributed by atoms with E-state index in [0.717, 1.165) is 12.8 Å². The van der Waals surface area contributed by atoms with Crippen molar-refractivity contribution >= 4 is 28.2 Å². The molecule has 2 rings (SSSR count). The van der Waals surface area contributed by atoms with Gasteiger partial charge in [0.25, 0.3) is 0 Å². The van der Waals surface area contributed by atoms with Gasteiger partial charge >= 0.3 is 5.97 Å². The van der Waals surface area contributed by atoms with Gasteiger partial charge in [-0.2, -0.15) is 0 Å². The Morgan fingerprint density at radius 1 is 1.33 bits per heavy atom. The molecule has 0 atom stereocenters. The summed E-state index contributed by atoms with van der Waals surface area (Å²) in [4.78, 5) is 27.9. The second kappa shape index (κ2) is 6.13. The van der Waals surface area contributed by atoms with Crippen molar-refractivity contribution in [3.05, 3.63) is 10.6 Å². The van der Waals surface area contributed by atoms with Gasteiger partial charge in [0.15, 0.2) is 16.6 Å². The number of carbonyl (C=O) groups excluding carboxylic acids is 2. The number of nitrogens with one attached hydrogen (secondary N) is 1. The highest BCUT2D eigenvalue weighted by Crippen LogP contribution is 2.36. The Hall–Kier alpha value is -1.43. The number of Topliss-reactive ketones (excluding diaryl/α,β-unsaturated/α-hetero) is 1. The molecule has 0 radical (unpaired) electrons. The average molecular weight is 310 g/mol. The van der Waals surface area contributed by atoms with Gasteiger partial charge in [0.1, 0.15) is 4.88 Å². The molecule has 116 valence electrons. The van der Waals surface area contributed by atoms with E-state index in [-0.39, 0.29) is 11.5 Å². The number of nitrogens with zero attached hydrogens (tertiary/aromatic N) is 1. The molecule has 1 fully saturated rings. The molecule has 1 aliphatic rings. The fraction of sp³-hybridized carbons (Fsp3) is 0.667. The van der Waals surface area contributed by atoms with Crippen LogP contribution in [-0.2, 0) is 4.74 Å². The molecular weight excluding hydrogens is 288 g/mol. The molecule has 1 aromatic rings. The Morgan fingerprint density at radius 3 is 2.48 bits per heavy atom. The zero-order chi connectivity index (χ0) is 15.6. The number of methoxy groups -OCH3 is 1. The maximum atomic E-state index is 11.7. The molecule has 0 bridgehead atoms. The van der Waals surface area contributed by atoms with E-state index in [1.165, 1.54) is 38.2 Å². The first-order valence-corrected chi connectivity index (χ1v) is 8.00. The third-order valence-corrected chi connectivity index (χ3v) is 5.08. The second-order valence-corrected chi connectivity index (χ2v) is 7.33. The molecule has 5 nitrogen and oxygen atoms in total. The predicted octanol–water partition coefficient (Wildman–Crippen LogP) is 3.51. The Morgan fingerprint density at radius 2 is 1.95 bits per heavy atom. The number of thiazole rings is 1. The Bertz CT molecular complexity index is 541. The van der Waals surface area contributed by atoms with E-state index in [1.807, 2.05) is 0 Å². The van der Waals surface area contributed by atoms with Crippen LogP contribution in [0.25, 0.3) is 0 Å². The van der Waals surface area contributed by atoms with Crippen LogP contribution in [-0.4, -0.2) is 29.9 Å². The third kappa shape index (κ3) is 3.81. The van der Waals surface area contributed by atoms with Gasteiger partial charge in [0.2, 0.25) is 0 Å². The molecule has 0 amide bonds. The smallest absolute Gasteiger partial charge is 0.358 e. The molecule has 1 heterocycles. The lowest BCUT2D eigenvalue weighted by Crippen LogP contribution is -2.29. The lowest BCUT2D eigenvalue weighted by Gasteiger charge is -2.34. The van der Waals surface area contributed by atoms with Crippen molar-refractivity contribution in [1.29, 1.82) is 0 Å². The predicted molar refractivity (Wildman–Crippen MR) is 83.1 cm³/mol. The van der Waals surface area contributed by atoms with Crippen LogP contribution in [0.2, 0.25) is 0 Å². The summed E-state index contributed by atoms with van der Waals surface area (Å²) >= 11 is 1.23. The van der Waals surface area contributed by atoms with Crippen molar-refractivity contribution in [2.75, 3.05) is 12.4 Å². The SMILES string of the molecule is COC(=O)c1nc(NC2CCC(C)(C)CC2)sc1C(C)=O. The summed E-state index contributed by atoms with van der Waals surface area (Å²) in [6.07, 6.45) is 4.49. The van der Waals surface area contributed by atoms with Gasteiger partial charge in [-0.25, -0.2) is 9.78 Å². The van der Waals surface area contributed by atoms with Crippen molar-refractivity contribution in [2.24, 2.45) is 5.41 Å². The van der Waals surface area contributed by atoms with Gasteiger partial charge in [-0.15, -0.1) is 0 Å². The minimum Gasteiger partial charge on any atom is -0.464 e. The largest absolute Gasteiger partial charge is 0.464 e. The number of rotatable bonds is 4. The summed E-state index contributed by atoms with van der Waals surface area (Å²) in [6, 6.07) is 0.356. The zero-order valence-electron chi connectivity index (χ0n) is 13.0. The summed E-state index contributed by atoms with van der Waals surface area (Å²) in [6.45, 7) is 6.01.